The summed E-state index contributed by atoms with van der Waals surface area (Å²) in [5.41, 5.74) is 4.20. The average Bonchev–Trinajstić information content (AvgIpc) is 3.12. The van der Waals surface area contributed by atoms with Gasteiger partial charge in [0.2, 0.25) is 0 Å². The minimum atomic E-state index is -0.240. The maximum atomic E-state index is 12.1. The molecule has 0 radical (unpaired) electrons. The number of fused-ring (bicyclic) bond motifs is 1. The first-order valence-electron chi connectivity index (χ1n) is 12.1. The highest BCUT2D eigenvalue weighted by Crippen LogP contribution is 2.43. The summed E-state index contributed by atoms with van der Waals surface area (Å²) in [6.45, 7) is 5.12. The van der Waals surface area contributed by atoms with E-state index in [2.05, 4.69) is 21.3 Å². The monoisotopic (exact) mass is 474 g/mol. The van der Waals surface area contributed by atoms with Crippen LogP contribution in [0.4, 0.5) is 10.5 Å². The molecule has 2 aliphatic rings. The number of nitrogens with zero attached hydrogens (tertiary/aromatic N) is 2. The molecule has 1 aliphatic carbocycles. The van der Waals surface area contributed by atoms with Gasteiger partial charge < -0.3 is 29.4 Å². The van der Waals surface area contributed by atoms with E-state index < -0.39 is 0 Å². The van der Waals surface area contributed by atoms with Gasteiger partial charge in [-0.1, -0.05) is 12.1 Å². The molecule has 0 atom stereocenters. The zero-order valence-electron chi connectivity index (χ0n) is 20.0. The van der Waals surface area contributed by atoms with E-state index in [4.69, 9.17) is 14.2 Å². The lowest BCUT2D eigenvalue weighted by Crippen LogP contribution is -2.34. The van der Waals surface area contributed by atoms with Crippen LogP contribution in [0.3, 0.4) is 0 Å². The van der Waals surface area contributed by atoms with Crippen LogP contribution in [0.1, 0.15) is 44.7 Å². The number of benzene rings is 2. The summed E-state index contributed by atoms with van der Waals surface area (Å²) in [4.78, 5) is 12.1. The van der Waals surface area contributed by atoms with E-state index >= 15 is 0 Å². The normalized spacial score (nSPS) is 16.6. The van der Waals surface area contributed by atoms with Crippen molar-refractivity contribution in [2.24, 2.45) is 0 Å². The number of ether oxygens (including phenoxy) is 3. The first kappa shape index (κ1) is 23.2. The molecule has 2 fully saturated rings. The number of nitrogens with one attached hydrogen (secondary N) is 2. The van der Waals surface area contributed by atoms with E-state index in [-0.39, 0.29) is 18.2 Å². The van der Waals surface area contributed by atoms with E-state index in [9.17, 15) is 10.1 Å². The highest BCUT2D eigenvalue weighted by molar-refractivity contribution is 5.96. The summed E-state index contributed by atoms with van der Waals surface area (Å²) in [6.07, 6.45) is 3.17. The van der Waals surface area contributed by atoms with Gasteiger partial charge in [-0.3, -0.25) is 0 Å². The van der Waals surface area contributed by atoms with E-state index in [0.717, 1.165) is 40.8 Å². The Kier molecular flexibility index (Phi) is 6.62. The van der Waals surface area contributed by atoms with Crippen LogP contribution in [-0.4, -0.2) is 42.8 Å². The first-order chi connectivity index (χ1) is 17.0. The van der Waals surface area contributed by atoms with Crippen LogP contribution in [0.15, 0.2) is 42.5 Å². The summed E-state index contributed by atoms with van der Waals surface area (Å²) in [5.74, 6) is 0.737. The molecule has 2 amide bonds. The second-order valence-corrected chi connectivity index (χ2v) is 9.40. The number of urea groups is 1. The molecule has 2 heterocycles. The van der Waals surface area contributed by atoms with Crippen molar-refractivity contribution < 1.29 is 19.0 Å². The molecule has 8 heteroatoms. The van der Waals surface area contributed by atoms with Gasteiger partial charge in [0.15, 0.2) is 0 Å². The minimum Gasteiger partial charge on any atom is -0.486 e. The minimum absolute atomic E-state index is 0.0534. The smallest absolute Gasteiger partial charge is 0.319 e. The van der Waals surface area contributed by atoms with Crippen LogP contribution in [0.2, 0.25) is 0 Å². The van der Waals surface area contributed by atoms with Crippen molar-refractivity contribution >= 4 is 22.6 Å². The molecule has 5 rings (SSSR count). The maximum absolute atomic E-state index is 12.1. The van der Waals surface area contributed by atoms with Crippen molar-refractivity contribution in [1.29, 1.82) is 5.26 Å². The van der Waals surface area contributed by atoms with Crippen LogP contribution in [0.25, 0.3) is 22.2 Å². The van der Waals surface area contributed by atoms with Crippen LogP contribution in [-0.2, 0) is 9.47 Å². The lowest BCUT2D eigenvalue weighted by Gasteiger charge is -2.30. The van der Waals surface area contributed by atoms with Crippen molar-refractivity contribution in [2.45, 2.75) is 51.3 Å². The molecule has 2 aromatic carbocycles. The van der Waals surface area contributed by atoms with Gasteiger partial charge in [-0.05, 0) is 62.9 Å². The molecule has 1 saturated heterocycles. The van der Waals surface area contributed by atoms with Crippen LogP contribution in [0.5, 0.6) is 5.75 Å². The molecule has 182 valence electrons. The van der Waals surface area contributed by atoms with Gasteiger partial charge in [0.1, 0.15) is 24.7 Å². The second kappa shape index (κ2) is 9.98. The van der Waals surface area contributed by atoms with E-state index in [1.807, 2.05) is 56.3 Å². The third kappa shape index (κ3) is 4.83. The number of hydrogen-bond donors (Lipinski definition) is 2. The van der Waals surface area contributed by atoms with Crippen LogP contribution < -0.4 is 15.4 Å². The zero-order valence-corrected chi connectivity index (χ0v) is 20.0. The highest BCUT2D eigenvalue weighted by atomic mass is 16.7. The summed E-state index contributed by atoms with van der Waals surface area (Å²) >= 11 is 0. The van der Waals surface area contributed by atoms with Gasteiger partial charge in [-0.15, -0.1) is 0 Å². The summed E-state index contributed by atoms with van der Waals surface area (Å²) in [6, 6.07) is 16.2. The quantitative estimate of drug-likeness (QED) is 0.513. The first-order valence-corrected chi connectivity index (χ1v) is 12.1. The van der Waals surface area contributed by atoms with Gasteiger partial charge in [-0.2, -0.15) is 5.26 Å². The van der Waals surface area contributed by atoms with Crippen LogP contribution >= 0.6 is 0 Å². The van der Waals surface area contributed by atoms with Crippen molar-refractivity contribution in [3.63, 3.8) is 0 Å². The predicted octanol–water partition coefficient (Wildman–Crippen LogP) is 5.19. The molecule has 2 N–H and O–H groups in total. The molecular formula is C27H30N4O4. The summed E-state index contributed by atoms with van der Waals surface area (Å²) < 4.78 is 19.1. The number of aromatic nitrogens is 1. The maximum Gasteiger partial charge on any atom is 0.319 e. The lowest BCUT2D eigenvalue weighted by molar-refractivity contribution is -0.143. The second-order valence-electron chi connectivity index (χ2n) is 9.40. The molecule has 0 spiro atoms. The van der Waals surface area contributed by atoms with Gasteiger partial charge >= 0.3 is 6.03 Å². The Morgan fingerprint density at radius 2 is 1.89 bits per heavy atom. The van der Waals surface area contributed by atoms with E-state index in [0.29, 0.717) is 37.3 Å². The SMILES string of the molecule is CC(C)NC(=O)Nc1ccc(-c2c(C#N)c3ccc(OC4COCOC4)cc3n2C2CCC2)cc1. The van der Waals surface area contributed by atoms with Gasteiger partial charge in [-0.25, -0.2) is 4.79 Å². The fourth-order valence-corrected chi connectivity index (χ4v) is 4.65. The number of rotatable bonds is 6. The van der Waals surface area contributed by atoms with Crippen LogP contribution in [0, 0.1) is 11.3 Å². The third-order valence-electron chi connectivity index (χ3n) is 6.44. The number of nitriles is 1. The largest absolute Gasteiger partial charge is 0.486 e. The fourth-order valence-electron chi connectivity index (χ4n) is 4.65. The molecule has 1 aliphatic heterocycles. The Hall–Kier alpha value is -3.54. The summed E-state index contributed by atoms with van der Waals surface area (Å²) in [7, 11) is 0. The Morgan fingerprint density at radius 1 is 1.14 bits per heavy atom. The summed E-state index contributed by atoms with van der Waals surface area (Å²) in [5, 5.41) is 16.7. The van der Waals surface area contributed by atoms with Gasteiger partial charge in [0, 0.05) is 29.2 Å². The van der Waals surface area contributed by atoms with E-state index in [1.165, 1.54) is 6.42 Å². The Morgan fingerprint density at radius 3 is 2.51 bits per heavy atom. The Balaban J connectivity index is 1.51. The average molecular weight is 475 g/mol. The number of carbonyl (C=O) groups excluding carboxylic acids is 1. The topological polar surface area (TPSA) is 97.5 Å². The number of anilines is 1. The Labute approximate surface area is 204 Å². The number of amides is 2. The molecule has 0 unspecified atom stereocenters. The number of hydrogen-bond acceptors (Lipinski definition) is 5. The molecular weight excluding hydrogens is 444 g/mol. The molecule has 8 nitrogen and oxygen atoms in total. The van der Waals surface area contributed by atoms with Crippen molar-refractivity contribution in [1.82, 2.24) is 9.88 Å². The fraction of sp³-hybridized carbons (Fsp3) is 0.407. The number of carbonyl (C=O) groups is 1. The third-order valence-corrected chi connectivity index (χ3v) is 6.44. The standard InChI is InChI=1S/C27H30N4O4/c1-17(2)29-27(32)30-19-8-6-18(7-9-19)26-24(13-28)23-11-10-21(35-22-14-33-16-34-15-22)12-25(23)31(26)20-4-3-5-20/h6-12,17,20,22H,3-5,14-16H2,1-2H3,(H2,29,30,32). The van der Waals surface area contributed by atoms with Gasteiger partial charge in [0.25, 0.3) is 0 Å². The zero-order chi connectivity index (χ0) is 24.4. The Bertz CT molecular complexity index is 1250. The van der Waals surface area contributed by atoms with Gasteiger partial charge in [0.05, 0.1) is 30.0 Å². The predicted molar refractivity (Wildman–Crippen MR) is 133 cm³/mol. The van der Waals surface area contributed by atoms with Crippen molar-refractivity contribution in [2.75, 3.05) is 25.3 Å². The molecule has 3 aromatic rings. The molecule has 1 aromatic heterocycles. The highest BCUT2D eigenvalue weighted by Gasteiger charge is 2.28. The molecule has 1 saturated carbocycles. The molecule has 35 heavy (non-hydrogen) atoms. The van der Waals surface area contributed by atoms with E-state index in [1.54, 1.807) is 0 Å². The lowest BCUT2D eigenvalue weighted by atomic mass is 9.92. The molecule has 0 bridgehead atoms. The van der Waals surface area contributed by atoms with Crippen molar-refractivity contribution in [3.05, 3.63) is 48.0 Å². The van der Waals surface area contributed by atoms with Crippen molar-refractivity contribution in [3.8, 4) is 23.1 Å².